The first-order valence-electron chi connectivity index (χ1n) is 5.63. The van der Waals surface area contributed by atoms with Crippen molar-refractivity contribution in [3.63, 3.8) is 0 Å². The van der Waals surface area contributed by atoms with Gasteiger partial charge in [-0.3, -0.25) is 0 Å². The van der Waals surface area contributed by atoms with Crippen molar-refractivity contribution < 1.29 is 4.74 Å². The Kier molecular flexibility index (Phi) is 4.11. The maximum atomic E-state index is 5.47. The molecule has 0 radical (unpaired) electrons. The van der Waals surface area contributed by atoms with Crippen LogP contribution in [0.2, 0.25) is 0 Å². The second-order valence-corrected chi connectivity index (χ2v) is 3.73. The molecule has 0 spiro atoms. The van der Waals surface area contributed by atoms with Crippen molar-refractivity contribution in [1.29, 1.82) is 0 Å². The summed E-state index contributed by atoms with van der Waals surface area (Å²) in [5, 5.41) is 3.26. The van der Waals surface area contributed by atoms with Gasteiger partial charge in [0, 0.05) is 19.9 Å². The summed E-state index contributed by atoms with van der Waals surface area (Å²) in [5.74, 6) is 0.866. The molecule has 1 atom stereocenters. The van der Waals surface area contributed by atoms with Crippen molar-refractivity contribution in [3.8, 4) is 0 Å². The Morgan fingerprint density at radius 3 is 2.53 bits per heavy atom. The Labute approximate surface area is 101 Å². The zero-order valence-electron chi connectivity index (χ0n) is 9.84. The zero-order chi connectivity index (χ0) is 11.9. The van der Waals surface area contributed by atoms with Crippen LogP contribution in [0.15, 0.2) is 54.7 Å². The van der Waals surface area contributed by atoms with Gasteiger partial charge in [-0.25, -0.2) is 4.98 Å². The Bertz CT molecular complexity index is 430. The van der Waals surface area contributed by atoms with Crippen LogP contribution in [-0.4, -0.2) is 18.6 Å². The van der Waals surface area contributed by atoms with E-state index in [2.05, 4.69) is 22.4 Å². The molecular formula is C14H16N2O. The normalized spacial score (nSPS) is 12.1. The minimum atomic E-state index is 0.0400. The zero-order valence-corrected chi connectivity index (χ0v) is 9.84. The van der Waals surface area contributed by atoms with Gasteiger partial charge < -0.3 is 10.1 Å². The minimum absolute atomic E-state index is 0.0400. The molecule has 88 valence electrons. The number of nitrogens with one attached hydrogen (secondary N) is 1. The van der Waals surface area contributed by atoms with Gasteiger partial charge >= 0.3 is 0 Å². The topological polar surface area (TPSA) is 34.1 Å². The summed E-state index contributed by atoms with van der Waals surface area (Å²) in [6, 6.07) is 16.0. The Morgan fingerprint density at radius 1 is 1.12 bits per heavy atom. The van der Waals surface area contributed by atoms with E-state index in [0.717, 1.165) is 5.82 Å². The highest BCUT2D eigenvalue weighted by Gasteiger charge is 2.09. The number of benzene rings is 1. The maximum Gasteiger partial charge on any atom is 0.125 e. The number of ether oxygens (including phenoxy) is 1. The van der Waals surface area contributed by atoms with E-state index in [4.69, 9.17) is 4.74 Å². The highest BCUT2D eigenvalue weighted by atomic mass is 16.5. The average Bonchev–Trinajstić information content (AvgIpc) is 2.42. The number of rotatable bonds is 5. The van der Waals surface area contributed by atoms with E-state index in [1.165, 1.54) is 5.56 Å². The van der Waals surface area contributed by atoms with Crippen LogP contribution in [0.4, 0.5) is 5.82 Å². The second-order valence-electron chi connectivity index (χ2n) is 3.73. The molecule has 0 bridgehead atoms. The van der Waals surface area contributed by atoms with Gasteiger partial charge in [-0.1, -0.05) is 36.4 Å². The van der Waals surface area contributed by atoms with Gasteiger partial charge in [0.15, 0.2) is 0 Å². The maximum absolute atomic E-state index is 5.47. The molecular weight excluding hydrogens is 212 g/mol. The van der Waals surface area contributed by atoms with Crippen LogP contribution in [0.1, 0.15) is 11.7 Å². The highest BCUT2D eigenvalue weighted by Crippen LogP contribution is 2.16. The average molecular weight is 228 g/mol. The quantitative estimate of drug-likeness (QED) is 0.854. The van der Waals surface area contributed by atoms with Crippen molar-refractivity contribution in [1.82, 2.24) is 4.98 Å². The first kappa shape index (κ1) is 11.6. The largest absolute Gasteiger partial charge is 0.375 e. The summed E-state index contributed by atoms with van der Waals surface area (Å²) in [4.78, 5) is 4.21. The molecule has 0 aliphatic heterocycles. The molecule has 1 aromatic heterocycles. The van der Waals surface area contributed by atoms with Crippen LogP contribution in [0, 0.1) is 0 Å². The number of nitrogens with zero attached hydrogens (tertiary/aromatic N) is 1. The smallest absolute Gasteiger partial charge is 0.125 e. The molecule has 1 unspecified atom stereocenters. The van der Waals surface area contributed by atoms with Crippen LogP contribution >= 0.6 is 0 Å². The van der Waals surface area contributed by atoms with Crippen LogP contribution in [-0.2, 0) is 4.74 Å². The molecule has 3 nitrogen and oxygen atoms in total. The fraction of sp³-hybridized carbons (Fsp3) is 0.214. The molecule has 0 saturated heterocycles. The van der Waals surface area contributed by atoms with Crippen LogP contribution < -0.4 is 5.32 Å². The van der Waals surface area contributed by atoms with Gasteiger partial charge in [-0.05, 0) is 17.7 Å². The lowest BCUT2D eigenvalue weighted by molar-refractivity contribution is 0.114. The van der Waals surface area contributed by atoms with Crippen molar-refractivity contribution in [2.24, 2.45) is 0 Å². The Balaban J connectivity index is 1.97. The van der Waals surface area contributed by atoms with Crippen molar-refractivity contribution in [3.05, 3.63) is 60.3 Å². The first-order chi connectivity index (χ1) is 8.40. The van der Waals surface area contributed by atoms with Gasteiger partial charge in [0.1, 0.15) is 5.82 Å². The van der Waals surface area contributed by atoms with E-state index in [1.54, 1.807) is 13.3 Å². The molecule has 3 heteroatoms. The lowest BCUT2D eigenvalue weighted by Crippen LogP contribution is -2.14. The molecule has 0 aliphatic carbocycles. The number of pyridine rings is 1. The SMILES string of the molecule is COC(CNc1ccccn1)c1ccccc1. The first-order valence-corrected chi connectivity index (χ1v) is 5.63. The van der Waals surface area contributed by atoms with Crippen LogP contribution in [0.5, 0.6) is 0 Å². The molecule has 1 N–H and O–H groups in total. The van der Waals surface area contributed by atoms with E-state index in [1.807, 2.05) is 36.4 Å². The standard InChI is InChI=1S/C14H16N2O/c1-17-13(12-7-3-2-4-8-12)11-16-14-9-5-6-10-15-14/h2-10,13H,11H2,1H3,(H,15,16). The third-order valence-electron chi connectivity index (χ3n) is 2.59. The fourth-order valence-electron chi connectivity index (χ4n) is 1.67. The van der Waals surface area contributed by atoms with E-state index in [-0.39, 0.29) is 6.10 Å². The van der Waals surface area contributed by atoms with Gasteiger partial charge in [-0.15, -0.1) is 0 Å². The van der Waals surface area contributed by atoms with Crippen LogP contribution in [0.25, 0.3) is 0 Å². The summed E-state index contributed by atoms with van der Waals surface area (Å²) in [5.41, 5.74) is 1.17. The van der Waals surface area contributed by atoms with E-state index in [0.29, 0.717) is 6.54 Å². The van der Waals surface area contributed by atoms with Gasteiger partial charge in [-0.2, -0.15) is 0 Å². The van der Waals surface area contributed by atoms with Gasteiger partial charge in [0.25, 0.3) is 0 Å². The van der Waals surface area contributed by atoms with Gasteiger partial charge in [0.05, 0.1) is 6.10 Å². The molecule has 2 rings (SSSR count). The monoisotopic (exact) mass is 228 g/mol. The highest BCUT2D eigenvalue weighted by molar-refractivity contribution is 5.34. The predicted molar refractivity (Wildman–Crippen MR) is 68.9 cm³/mol. The number of hydrogen-bond donors (Lipinski definition) is 1. The lowest BCUT2D eigenvalue weighted by Gasteiger charge is -2.16. The van der Waals surface area contributed by atoms with Crippen molar-refractivity contribution >= 4 is 5.82 Å². The predicted octanol–water partition coefficient (Wildman–Crippen LogP) is 2.88. The molecule has 1 aromatic carbocycles. The molecule has 1 heterocycles. The molecule has 17 heavy (non-hydrogen) atoms. The molecule has 0 saturated carbocycles. The Morgan fingerprint density at radius 2 is 1.88 bits per heavy atom. The fourth-order valence-corrected chi connectivity index (χ4v) is 1.67. The number of hydrogen-bond acceptors (Lipinski definition) is 3. The van der Waals surface area contributed by atoms with E-state index in [9.17, 15) is 0 Å². The number of aromatic nitrogens is 1. The molecule has 0 fully saturated rings. The number of methoxy groups -OCH3 is 1. The molecule has 0 aliphatic rings. The third-order valence-corrected chi connectivity index (χ3v) is 2.59. The van der Waals surface area contributed by atoms with Gasteiger partial charge in [0.2, 0.25) is 0 Å². The summed E-state index contributed by atoms with van der Waals surface area (Å²) in [6.07, 6.45) is 1.81. The third kappa shape index (κ3) is 3.29. The summed E-state index contributed by atoms with van der Waals surface area (Å²) >= 11 is 0. The molecule has 2 aromatic rings. The van der Waals surface area contributed by atoms with Crippen molar-refractivity contribution in [2.75, 3.05) is 19.0 Å². The van der Waals surface area contributed by atoms with E-state index < -0.39 is 0 Å². The summed E-state index contributed by atoms with van der Waals surface area (Å²) in [6.45, 7) is 0.706. The van der Waals surface area contributed by atoms with Crippen LogP contribution in [0.3, 0.4) is 0 Å². The summed E-state index contributed by atoms with van der Waals surface area (Å²) in [7, 11) is 1.72. The second kappa shape index (κ2) is 6.01. The molecule has 0 amide bonds. The lowest BCUT2D eigenvalue weighted by atomic mass is 10.1. The Hall–Kier alpha value is -1.87. The summed E-state index contributed by atoms with van der Waals surface area (Å²) < 4.78 is 5.47. The number of anilines is 1. The van der Waals surface area contributed by atoms with E-state index >= 15 is 0 Å². The minimum Gasteiger partial charge on any atom is -0.375 e. The van der Waals surface area contributed by atoms with Crippen molar-refractivity contribution in [2.45, 2.75) is 6.10 Å².